The van der Waals surface area contributed by atoms with Crippen LogP contribution in [0, 0.1) is 0 Å². The number of ether oxygens (including phenoxy) is 2. The van der Waals surface area contributed by atoms with Crippen molar-refractivity contribution < 1.29 is 34.1 Å². The molecule has 7 nitrogen and oxygen atoms in total. The summed E-state index contributed by atoms with van der Waals surface area (Å²) in [4.78, 5) is 28.8. The number of carbonyl (C=O) groups excluding carboxylic acids is 1. The average Bonchev–Trinajstić information content (AvgIpc) is 1.58. The van der Waals surface area contributed by atoms with E-state index in [9.17, 15) is 14.4 Å². The third-order valence-electron chi connectivity index (χ3n) is 0.341. The maximum absolute atomic E-state index is 9.86. The van der Waals surface area contributed by atoms with Crippen LogP contribution < -0.4 is 0 Å². The Morgan fingerprint density at radius 2 is 1.08 bits per heavy atom. The molecule has 0 rings (SSSR count). The van der Waals surface area contributed by atoms with E-state index in [0.29, 0.717) is 0 Å². The topological polar surface area (TPSA) is 110 Å². The van der Waals surface area contributed by atoms with Crippen molar-refractivity contribution in [1.82, 2.24) is 0 Å². The summed E-state index contributed by atoms with van der Waals surface area (Å²) in [6.45, 7) is 0. The molecule has 0 unspecified atom stereocenters. The Labute approximate surface area is 147 Å². The molecule has 0 aromatic heterocycles. The zero-order valence-corrected chi connectivity index (χ0v) is 4.44. The Morgan fingerprint density at radius 3 is 1.25 bits per heavy atom. The van der Waals surface area contributed by atoms with E-state index >= 15 is 0 Å². The minimum absolute atomic E-state index is 0. The second kappa shape index (κ2) is 10.4. The second-order valence-corrected chi connectivity index (χ2v) is 0.986. The molecule has 0 aliphatic carbocycles. The van der Waals surface area contributed by atoms with Gasteiger partial charge < -0.3 is 19.7 Å². The van der Waals surface area contributed by atoms with Crippen LogP contribution in [0.25, 0.3) is 0 Å². The Hall–Kier alpha value is 1.35. The van der Waals surface area contributed by atoms with Gasteiger partial charge in [-0.1, -0.05) is 0 Å². The van der Waals surface area contributed by atoms with E-state index in [1.54, 1.807) is 0 Å². The van der Waals surface area contributed by atoms with Gasteiger partial charge in [-0.2, -0.15) is 0 Å². The van der Waals surface area contributed by atoms with Crippen LogP contribution in [0.1, 0.15) is 0 Å². The predicted octanol–water partition coefficient (Wildman–Crippen LogP) is -1.34. The van der Waals surface area contributed by atoms with E-state index in [1.807, 2.05) is 0 Å². The molecule has 0 aromatic carbocycles. The first-order chi connectivity index (χ1) is 4.52. The van der Waals surface area contributed by atoms with Crippen molar-refractivity contribution in [2.75, 3.05) is 0 Å². The summed E-state index contributed by atoms with van der Waals surface area (Å²) in [5.41, 5.74) is 0. The number of carbonyl (C=O) groups is 3. The Balaban J connectivity index is -0.000000405. The van der Waals surface area contributed by atoms with Crippen molar-refractivity contribution in [2.45, 2.75) is 0 Å². The van der Waals surface area contributed by atoms with Gasteiger partial charge in [-0.05, 0) is 0 Å². The molecule has 0 radical (unpaired) electrons. The summed E-state index contributed by atoms with van der Waals surface area (Å²) in [6.07, 6.45) is -5.64. The third kappa shape index (κ3) is 13.9. The zero-order chi connectivity index (χ0) is 8.15. The molecule has 0 aliphatic rings. The fourth-order valence-electron chi connectivity index (χ4n) is 0.163. The van der Waals surface area contributed by atoms with Crippen molar-refractivity contribution in [3.63, 3.8) is 0 Å². The quantitative estimate of drug-likeness (QED) is 0.279. The van der Waals surface area contributed by atoms with E-state index < -0.39 is 18.5 Å². The summed E-state index contributed by atoms with van der Waals surface area (Å²) in [5, 5.41) is 15.4. The van der Waals surface area contributed by atoms with Crippen LogP contribution in [0.4, 0.5) is 14.4 Å². The molecule has 0 amide bonds. The number of rotatable bonds is 0. The van der Waals surface area contributed by atoms with Crippen molar-refractivity contribution in [2.24, 2.45) is 0 Å². The monoisotopic (exact) mass is 430 g/mol. The molecular formula is C3H6Ba2O7. The van der Waals surface area contributed by atoms with E-state index in [2.05, 4.69) is 9.47 Å². The molecule has 0 fully saturated rings. The fourth-order valence-corrected chi connectivity index (χ4v) is 0.163. The standard InChI is InChI=1S/C3H2O7.2Ba.4H/c4-1(5)9-3(8)10-2(6)7;;;;;;/h(H,4,5)(H,6,7);;;;;;. The number of hydrogen-bond donors (Lipinski definition) is 2. The zero-order valence-electron chi connectivity index (χ0n) is 4.44. The van der Waals surface area contributed by atoms with E-state index in [0.717, 1.165) is 0 Å². The van der Waals surface area contributed by atoms with Gasteiger partial charge in [0.2, 0.25) is 0 Å². The number of hydrogen-bond acceptors (Lipinski definition) is 5. The normalized spacial score (nSPS) is 6.67. The number of carboxylic acid groups (broad SMARTS) is 2. The summed E-state index contributed by atoms with van der Waals surface area (Å²) in [7, 11) is 0. The first-order valence-electron chi connectivity index (χ1n) is 1.88. The van der Waals surface area contributed by atoms with Gasteiger partial charge in [-0.3, -0.25) is 0 Å². The molecule has 0 aromatic rings. The molecular weight excluding hydrogens is 423 g/mol. The maximum atomic E-state index is 9.86. The van der Waals surface area contributed by atoms with Gasteiger partial charge >= 0.3 is 116 Å². The molecule has 0 spiro atoms. The molecule has 2 N–H and O–H groups in total. The molecule has 0 atom stereocenters. The molecule has 0 heterocycles. The summed E-state index contributed by atoms with van der Waals surface area (Å²) in [5.74, 6) is 0. The van der Waals surface area contributed by atoms with Crippen molar-refractivity contribution in [3.8, 4) is 0 Å². The van der Waals surface area contributed by atoms with E-state index in [-0.39, 0.29) is 97.8 Å². The fraction of sp³-hybridized carbons (Fsp3) is 0. The van der Waals surface area contributed by atoms with Crippen LogP contribution in [-0.2, 0) is 9.47 Å². The SMILES string of the molecule is O=C(O)OC(=O)OC(=O)O.[BaH2].[BaH2]. The summed E-state index contributed by atoms with van der Waals surface area (Å²) >= 11 is 0. The van der Waals surface area contributed by atoms with Crippen LogP contribution in [0.5, 0.6) is 0 Å². The Kier molecular flexibility index (Phi) is 16.5. The van der Waals surface area contributed by atoms with Gasteiger partial charge in [0.25, 0.3) is 0 Å². The van der Waals surface area contributed by atoms with Crippen LogP contribution >= 0.6 is 0 Å². The summed E-state index contributed by atoms with van der Waals surface area (Å²) in [6, 6.07) is 0. The molecule has 0 bridgehead atoms. The predicted molar refractivity (Wildman–Crippen MR) is 40.7 cm³/mol. The van der Waals surface area contributed by atoms with Gasteiger partial charge in [-0.15, -0.1) is 0 Å². The molecule has 0 saturated carbocycles. The van der Waals surface area contributed by atoms with Crippen molar-refractivity contribution in [1.29, 1.82) is 0 Å². The van der Waals surface area contributed by atoms with Gasteiger partial charge in [0.05, 0.1) is 0 Å². The van der Waals surface area contributed by atoms with Crippen molar-refractivity contribution >= 4 is 116 Å². The first-order valence-corrected chi connectivity index (χ1v) is 1.88. The summed E-state index contributed by atoms with van der Waals surface area (Å²) < 4.78 is 6.47. The molecule has 9 heteroatoms. The van der Waals surface area contributed by atoms with Crippen LogP contribution in [-0.4, -0.2) is 126 Å². The van der Waals surface area contributed by atoms with Gasteiger partial charge in [0, 0.05) is 0 Å². The third-order valence-corrected chi connectivity index (χ3v) is 0.341. The van der Waals surface area contributed by atoms with E-state index in [4.69, 9.17) is 10.2 Å². The Bertz CT molecular complexity index is 159. The molecule has 0 aliphatic heterocycles. The molecule has 0 saturated heterocycles. The average molecular weight is 429 g/mol. The van der Waals surface area contributed by atoms with Gasteiger partial charge in [0.1, 0.15) is 0 Å². The van der Waals surface area contributed by atoms with Crippen LogP contribution in [0.2, 0.25) is 0 Å². The van der Waals surface area contributed by atoms with E-state index in [1.165, 1.54) is 0 Å². The first kappa shape index (κ1) is 19.0. The second-order valence-electron chi connectivity index (χ2n) is 0.986. The molecule has 64 valence electrons. The van der Waals surface area contributed by atoms with Gasteiger partial charge in [-0.25, -0.2) is 14.4 Å². The van der Waals surface area contributed by atoms with Crippen molar-refractivity contribution in [3.05, 3.63) is 0 Å². The molecule has 12 heavy (non-hydrogen) atoms. The van der Waals surface area contributed by atoms with Gasteiger partial charge in [0.15, 0.2) is 0 Å². The Morgan fingerprint density at radius 1 is 0.833 bits per heavy atom. The minimum atomic E-state index is -1.92. The van der Waals surface area contributed by atoms with Crippen LogP contribution in [0.15, 0.2) is 0 Å². The van der Waals surface area contributed by atoms with Crippen LogP contribution in [0.3, 0.4) is 0 Å².